The summed E-state index contributed by atoms with van der Waals surface area (Å²) in [7, 11) is 0. The number of hydrogen-bond donors (Lipinski definition) is 1. The Kier molecular flexibility index (Phi) is 5.22. The number of ether oxygens (including phenoxy) is 1. The van der Waals surface area contributed by atoms with Crippen molar-refractivity contribution < 1.29 is 9.66 Å². The Labute approximate surface area is 172 Å². The van der Waals surface area contributed by atoms with Crippen LogP contribution in [-0.4, -0.2) is 14.9 Å². The molecule has 4 aromatic rings. The van der Waals surface area contributed by atoms with Crippen LogP contribution in [0.1, 0.15) is 17.0 Å². The Morgan fingerprint density at radius 3 is 2.67 bits per heavy atom. The number of nitro groups is 1. The summed E-state index contributed by atoms with van der Waals surface area (Å²) < 4.78 is 5.80. The van der Waals surface area contributed by atoms with E-state index in [-0.39, 0.29) is 12.3 Å². The molecule has 30 heavy (non-hydrogen) atoms. The first kappa shape index (κ1) is 18.9. The zero-order chi connectivity index (χ0) is 20.9. The molecular weight excluding hydrogens is 380 g/mol. The largest absolute Gasteiger partial charge is 0.489 e. The number of H-pyrrole nitrogens is 1. The van der Waals surface area contributed by atoms with Crippen LogP contribution < -0.4 is 4.74 Å². The molecule has 4 rings (SSSR count). The lowest BCUT2D eigenvalue weighted by molar-refractivity contribution is -0.384. The number of fused-ring (bicyclic) bond motifs is 1. The maximum atomic E-state index is 10.7. The van der Waals surface area contributed by atoms with Crippen molar-refractivity contribution in [2.24, 2.45) is 0 Å². The fourth-order valence-corrected chi connectivity index (χ4v) is 2.98. The van der Waals surface area contributed by atoms with Gasteiger partial charge in [0.2, 0.25) is 0 Å². The van der Waals surface area contributed by atoms with Crippen molar-refractivity contribution in [3.63, 3.8) is 0 Å². The molecule has 1 aromatic heterocycles. The molecular formula is C23H16N4O3. The van der Waals surface area contributed by atoms with Crippen LogP contribution in [-0.2, 0) is 6.61 Å². The number of rotatable bonds is 6. The fourth-order valence-electron chi connectivity index (χ4n) is 2.98. The fraction of sp³-hybridized carbons (Fsp3) is 0.0435. The third-order valence-electron chi connectivity index (χ3n) is 4.49. The van der Waals surface area contributed by atoms with E-state index in [9.17, 15) is 15.4 Å². The Morgan fingerprint density at radius 1 is 1.13 bits per heavy atom. The second-order valence-corrected chi connectivity index (χ2v) is 6.56. The zero-order valence-electron chi connectivity index (χ0n) is 15.8. The Hall–Kier alpha value is -4.44. The Balaban J connectivity index is 1.51. The van der Waals surface area contributed by atoms with E-state index in [4.69, 9.17) is 4.74 Å². The molecule has 1 heterocycles. The van der Waals surface area contributed by atoms with E-state index in [0.29, 0.717) is 17.1 Å². The van der Waals surface area contributed by atoms with Crippen molar-refractivity contribution >= 4 is 28.4 Å². The smallest absolute Gasteiger partial charge is 0.269 e. The first-order chi connectivity index (χ1) is 14.6. The van der Waals surface area contributed by atoms with Gasteiger partial charge in [-0.3, -0.25) is 10.1 Å². The summed E-state index contributed by atoms with van der Waals surface area (Å²) in [6, 6.07) is 23.4. The minimum atomic E-state index is -0.435. The van der Waals surface area contributed by atoms with E-state index in [0.717, 1.165) is 22.2 Å². The number of nitriles is 1. The number of aromatic amines is 1. The van der Waals surface area contributed by atoms with E-state index < -0.39 is 4.92 Å². The molecule has 0 spiro atoms. The van der Waals surface area contributed by atoms with E-state index in [1.54, 1.807) is 18.2 Å². The number of aromatic nitrogens is 2. The summed E-state index contributed by atoms with van der Waals surface area (Å²) >= 11 is 0. The molecule has 0 saturated heterocycles. The molecule has 0 radical (unpaired) electrons. The number of benzene rings is 3. The molecule has 0 saturated carbocycles. The van der Waals surface area contributed by atoms with Crippen molar-refractivity contribution in [3.05, 3.63) is 99.9 Å². The van der Waals surface area contributed by atoms with Crippen LogP contribution >= 0.6 is 0 Å². The molecule has 1 N–H and O–H groups in total. The third kappa shape index (κ3) is 4.18. The zero-order valence-corrected chi connectivity index (χ0v) is 15.8. The van der Waals surface area contributed by atoms with Gasteiger partial charge < -0.3 is 9.72 Å². The van der Waals surface area contributed by atoms with E-state index in [1.165, 1.54) is 12.1 Å². The number of non-ortho nitro benzene ring substituents is 1. The summed E-state index contributed by atoms with van der Waals surface area (Å²) in [6.07, 6.45) is 1.75. The molecule has 0 aliphatic carbocycles. The maximum Gasteiger partial charge on any atom is 0.269 e. The highest BCUT2D eigenvalue weighted by Crippen LogP contribution is 2.22. The second-order valence-electron chi connectivity index (χ2n) is 6.56. The van der Waals surface area contributed by atoms with Crippen LogP contribution in [0.5, 0.6) is 5.75 Å². The molecule has 3 aromatic carbocycles. The van der Waals surface area contributed by atoms with Gasteiger partial charge in [0.1, 0.15) is 24.3 Å². The number of nitrogens with one attached hydrogen (secondary N) is 1. The summed E-state index contributed by atoms with van der Waals surface area (Å²) in [5.41, 5.74) is 3.75. The van der Waals surface area contributed by atoms with Gasteiger partial charge in [-0.05, 0) is 53.6 Å². The quantitative estimate of drug-likeness (QED) is 0.277. The molecule has 0 amide bonds. The number of nitro benzene ring substituents is 1. The van der Waals surface area contributed by atoms with E-state index in [2.05, 4.69) is 16.0 Å². The monoisotopic (exact) mass is 396 g/mol. The molecule has 0 aliphatic heterocycles. The molecule has 0 unspecified atom stereocenters. The van der Waals surface area contributed by atoms with Crippen molar-refractivity contribution in [2.45, 2.75) is 6.61 Å². The van der Waals surface area contributed by atoms with Gasteiger partial charge in [0, 0.05) is 12.1 Å². The number of hydrogen-bond acceptors (Lipinski definition) is 5. The van der Waals surface area contributed by atoms with Crippen molar-refractivity contribution in [2.75, 3.05) is 0 Å². The molecule has 7 heteroatoms. The van der Waals surface area contributed by atoms with Gasteiger partial charge in [-0.2, -0.15) is 5.26 Å². The molecule has 0 aliphatic rings. The normalized spacial score (nSPS) is 11.2. The van der Waals surface area contributed by atoms with Gasteiger partial charge in [-0.25, -0.2) is 4.98 Å². The van der Waals surface area contributed by atoms with Crippen LogP contribution in [0.15, 0.2) is 72.8 Å². The maximum absolute atomic E-state index is 10.7. The topological polar surface area (TPSA) is 105 Å². The lowest BCUT2D eigenvalue weighted by Gasteiger charge is -2.07. The number of imidazole rings is 1. The van der Waals surface area contributed by atoms with Gasteiger partial charge in [-0.15, -0.1) is 0 Å². The van der Waals surface area contributed by atoms with Gasteiger partial charge >= 0.3 is 0 Å². The molecule has 0 atom stereocenters. The SMILES string of the molecule is N#CC(=Cc1cccc(OCc2ccc([N+](=O)[O-])cc2)c1)c1nc2ccccc2[nH]1. The molecule has 0 fully saturated rings. The Bertz CT molecular complexity index is 1250. The van der Waals surface area contributed by atoms with Gasteiger partial charge in [0.25, 0.3) is 5.69 Å². The molecule has 0 bridgehead atoms. The summed E-state index contributed by atoms with van der Waals surface area (Å²) in [4.78, 5) is 17.9. The predicted octanol–water partition coefficient (Wildman–Crippen LogP) is 5.11. The standard InChI is InChI=1S/C23H16N4O3/c24-14-18(23-25-21-6-1-2-7-22(21)26-23)12-17-4-3-5-20(13-17)30-15-16-8-10-19(11-9-16)27(28)29/h1-13H,15H2,(H,25,26). The number of nitrogens with zero attached hydrogens (tertiary/aromatic N) is 3. The minimum Gasteiger partial charge on any atom is -0.489 e. The van der Waals surface area contributed by atoms with Gasteiger partial charge in [-0.1, -0.05) is 24.3 Å². The van der Waals surface area contributed by atoms with Crippen molar-refractivity contribution in [1.29, 1.82) is 5.26 Å². The highest BCUT2D eigenvalue weighted by molar-refractivity contribution is 5.90. The van der Waals surface area contributed by atoms with Crippen LogP contribution in [0.3, 0.4) is 0 Å². The average Bonchev–Trinajstić information content (AvgIpc) is 3.20. The van der Waals surface area contributed by atoms with E-state index in [1.807, 2.05) is 48.5 Å². The summed E-state index contributed by atoms with van der Waals surface area (Å²) in [5, 5.41) is 20.3. The molecule has 146 valence electrons. The summed E-state index contributed by atoms with van der Waals surface area (Å²) in [5.74, 6) is 1.14. The highest BCUT2D eigenvalue weighted by Gasteiger charge is 2.08. The lowest BCUT2D eigenvalue weighted by atomic mass is 10.1. The van der Waals surface area contributed by atoms with Crippen LogP contribution in [0.25, 0.3) is 22.7 Å². The average molecular weight is 396 g/mol. The van der Waals surface area contributed by atoms with Crippen LogP contribution in [0, 0.1) is 21.4 Å². The highest BCUT2D eigenvalue weighted by atomic mass is 16.6. The lowest BCUT2D eigenvalue weighted by Crippen LogP contribution is -1.96. The third-order valence-corrected chi connectivity index (χ3v) is 4.49. The minimum absolute atomic E-state index is 0.0421. The number of para-hydroxylation sites is 2. The van der Waals surface area contributed by atoms with Crippen LogP contribution in [0.4, 0.5) is 5.69 Å². The first-order valence-corrected chi connectivity index (χ1v) is 9.15. The van der Waals surface area contributed by atoms with Crippen molar-refractivity contribution in [1.82, 2.24) is 9.97 Å². The summed E-state index contributed by atoms with van der Waals surface area (Å²) in [6.45, 7) is 0.278. The van der Waals surface area contributed by atoms with Gasteiger partial charge in [0.15, 0.2) is 0 Å². The van der Waals surface area contributed by atoms with Gasteiger partial charge in [0.05, 0.1) is 21.5 Å². The Morgan fingerprint density at radius 2 is 1.93 bits per heavy atom. The second kappa shape index (κ2) is 8.29. The molecule has 7 nitrogen and oxygen atoms in total. The van der Waals surface area contributed by atoms with Crippen LogP contribution in [0.2, 0.25) is 0 Å². The predicted molar refractivity (Wildman–Crippen MR) is 113 cm³/mol. The number of allylic oxidation sites excluding steroid dienone is 1. The van der Waals surface area contributed by atoms with E-state index >= 15 is 0 Å². The van der Waals surface area contributed by atoms with Crippen molar-refractivity contribution in [3.8, 4) is 11.8 Å². The first-order valence-electron chi connectivity index (χ1n) is 9.15.